The van der Waals surface area contributed by atoms with Crippen molar-refractivity contribution >= 4 is 12.1 Å². The van der Waals surface area contributed by atoms with Gasteiger partial charge in [-0.2, -0.15) is 0 Å². The van der Waals surface area contributed by atoms with E-state index in [9.17, 15) is 9.59 Å². The Morgan fingerprint density at radius 1 is 1.32 bits per heavy atom. The number of nitrogens with two attached hydrogens (primary N) is 1. The number of nitrogens with zero attached hydrogens (tertiary/aromatic N) is 2. The van der Waals surface area contributed by atoms with Gasteiger partial charge in [-0.3, -0.25) is 15.1 Å². The number of hydrogen-bond acceptors (Lipinski definition) is 6. The third-order valence-electron chi connectivity index (χ3n) is 2.21. The van der Waals surface area contributed by atoms with E-state index >= 15 is 0 Å². The van der Waals surface area contributed by atoms with Crippen molar-refractivity contribution in [1.82, 2.24) is 15.1 Å². The van der Waals surface area contributed by atoms with Crippen LogP contribution in [-0.2, 0) is 9.47 Å². The molecular formula is C9H20N4O6. The van der Waals surface area contributed by atoms with Crippen molar-refractivity contribution in [3.05, 3.63) is 0 Å². The second-order valence-electron chi connectivity index (χ2n) is 3.40. The van der Waals surface area contributed by atoms with Crippen LogP contribution in [0.15, 0.2) is 0 Å². The number of carbonyl (C=O) groups is 2. The van der Waals surface area contributed by atoms with E-state index < -0.39 is 12.4 Å². The van der Waals surface area contributed by atoms with E-state index in [1.165, 1.54) is 24.0 Å². The molecule has 0 radical (unpaired) electrons. The van der Waals surface area contributed by atoms with Crippen LogP contribution in [0, 0.1) is 0 Å². The molecule has 1 heterocycles. The Bertz CT molecular complexity index is 272. The molecular weight excluding hydrogens is 260 g/mol. The maximum atomic E-state index is 10.9. The zero-order chi connectivity index (χ0) is 14.8. The molecule has 1 aliphatic rings. The maximum Gasteiger partial charge on any atom is 0.323 e. The van der Waals surface area contributed by atoms with Gasteiger partial charge in [0.1, 0.15) is 13.5 Å². The topological polar surface area (TPSA) is 138 Å². The molecule has 0 aromatic rings. The molecule has 19 heavy (non-hydrogen) atoms. The van der Waals surface area contributed by atoms with Crippen LogP contribution in [0.2, 0.25) is 0 Å². The van der Waals surface area contributed by atoms with E-state index in [4.69, 9.17) is 15.9 Å². The number of methoxy groups -OCH3 is 2. The lowest BCUT2D eigenvalue weighted by molar-refractivity contribution is -0.114. The minimum atomic E-state index is -0.748. The Balaban J connectivity index is 0.000000344. The molecule has 0 spiro atoms. The van der Waals surface area contributed by atoms with E-state index in [0.717, 1.165) is 0 Å². The first-order chi connectivity index (χ1) is 8.99. The largest absolute Gasteiger partial charge is 0.376 e. The summed E-state index contributed by atoms with van der Waals surface area (Å²) < 4.78 is 9.15. The van der Waals surface area contributed by atoms with Crippen LogP contribution in [0.1, 0.15) is 0 Å². The average Bonchev–Trinajstić information content (AvgIpc) is 2.76. The normalized spacial score (nSPS) is 14.5. The zero-order valence-corrected chi connectivity index (χ0v) is 10.9. The highest BCUT2D eigenvalue weighted by Gasteiger charge is 2.26. The summed E-state index contributed by atoms with van der Waals surface area (Å²) in [6, 6.07) is -0.978. The van der Waals surface area contributed by atoms with Crippen molar-refractivity contribution in [3.63, 3.8) is 0 Å². The molecule has 4 amide bonds. The van der Waals surface area contributed by atoms with Crippen molar-refractivity contribution in [2.75, 3.05) is 40.8 Å². The number of ether oxygens (including phenoxy) is 2. The van der Waals surface area contributed by atoms with Crippen LogP contribution in [0.5, 0.6) is 0 Å². The van der Waals surface area contributed by atoms with E-state index in [2.05, 4.69) is 14.8 Å². The second-order valence-corrected chi connectivity index (χ2v) is 3.40. The summed E-state index contributed by atoms with van der Waals surface area (Å²) in [4.78, 5) is 23.5. The molecule has 1 rings (SSSR count). The van der Waals surface area contributed by atoms with Crippen LogP contribution in [0.4, 0.5) is 9.59 Å². The lowest BCUT2D eigenvalue weighted by atomic mass is 10.6. The Hall–Kier alpha value is -1.62. The Kier molecular flexibility index (Phi) is 8.53. The minimum Gasteiger partial charge on any atom is -0.376 e. The summed E-state index contributed by atoms with van der Waals surface area (Å²) in [5, 5.41) is 19.3. The first-order valence-corrected chi connectivity index (χ1v) is 5.37. The molecule has 0 atom stereocenters. The van der Waals surface area contributed by atoms with Gasteiger partial charge in [0, 0.05) is 27.3 Å². The molecule has 1 aliphatic heterocycles. The number of carbonyl (C=O) groups excluding carboxylic acids is 2. The lowest BCUT2D eigenvalue weighted by Crippen LogP contribution is -2.40. The van der Waals surface area contributed by atoms with Crippen molar-refractivity contribution in [2.45, 2.75) is 6.41 Å². The molecule has 5 N–H and O–H groups in total. The number of urea groups is 2. The number of amides is 4. The minimum absolute atomic E-state index is 0.269. The first-order valence-electron chi connectivity index (χ1n) is 5.37. The van der Waals surface area contributed by atoms with Crippen LogP contribution < -0.4 is 11.1 Å². The maximum absolute atomic E-state index is 10.9. The van der Waals surface area contributed by atoms with Crippen LogP contribution in [0.3, 0.4) is 0 Å². The van der Waals surface area contributed by atoms with Crippen molar-refractivity contribution in [2.24, 2.45) is 5.73 Å². The Labute approximate surface area is 110 Å². The number of primary amides is 1. The average molecular weight is 280 g/mol. The zero-order valence-electron chi connectivity index (χ0n) is 10.9. The molecule has 112 valence electrons. The van der Waals surface area contributed by atoms with E-state index in [-0.39, 0.29) is 19.5 Å². The van der Waals surface area contributed by atoms with Gasteiger partial charge in [0.2, 0.25) is 6.41 Å². The van der Waals surface area contributed by atoms with Crippen molar-refractivity contribution in [1.29, 1.82) is 0 Å². The molecule has 0 aliphatic carbocycles. The second kappa shape index (κ2) is 9.33. The molecule has 0 bridgehead atoms. The number of hydrogen-bond donors (Lipinski definition) is 4. The first kappa shape index (κ1) is 17.4. The predicted molar refractivity (Wildman–Crippen MR) is 63.5 cm³/mol. The van der Waals surface area contributed by atoms with Gasteiger partial charge in [0.15, 0.2) is 0 Å². The van der Waals surface area contributed by atoms with E-state index in [1.54, 1.807) is 0 Å². The van der Waals surface area contributed by atoms with E-state index in [1.807, 2.05) is 0 Å². The van der Waals surface area contributed by atoms with Gasteiger partial charge in [-0.1, -0.05) is 0 Å². The molecule has 0 unspecified atom stereocenters. The molecule has 0 saturated carbocycles. The summed E-state index contributed by atoms with van der Waals surface area (Å²) in [5.41, 5.74) is 4.73. The van der Waals surface area contributed by atoms with Crippen LogP contribution in [0.25, 0.3) is 0 Å². The van der Waals surface area contributed by atoms with Gasteiger partial charge in [-0.05, 0) is 0 Å². The third-order valence-corrected chi connectivity index (χ3v) is 2.21. The molecule has 1 saturated heterocycles. The molecule has 0 aromatic carbocycles. The quantitative estimate of drug-likeness (QED) is 0.424. The summed E-state index contributed by atoms with van der Waals surface area (Å²) >= 11 is 0. The number of aliphatic hydroxyl groups is 2. The Morgan fingerprint density at radius 2 is 1.74 bits per heavy atom. The smallest absolute Gasteiger partial charge is 0.323 e. The number of aliphatic hydroxyl groups excluding tert-OH is 2. The number of nitrogens with one attached hydrogen (secondary N) is 1. The highest BCUT2D eigenvalue weighted by Crippen LogP contribution is 2.04. The SMILES string of the molecule is COC(NC(N)=O)OC.O=C1N(CO)CCN1CO. The van der Waals surface area contributed by atoms with Crippen molar-refractivity contribution < 1.29 is 29.3 Å². The van der Waals surface area contributed by atoms with Gasteiger partial charge in [0.05, 0.1) is 0 Å². The highest BCUT2D eigenvalue weighted by molar-refractivity contribution is 5.76. The number of rotatable bonds is 5. The molecule has 10 nitrogen and oxygen atoms in total. The van der Waals surface area contributed by atoms with Crippen molar-refractivity contribution in [3.8, 4) is 0 Å². The predicted octanol–water partition coefficient (Wildman–Crippen LogP) is -2.15. The Morgan fingerprint density at radius 3 is 1.89 bits per heavy atom. The monoisotopic (exact) mass is 280 g/mol. The fourth-order valence-corrected chi connectivity index (χ4v) is 1.23. The van der Waals surface area contributed by atoms with Gasteiger partial charge in [-0.25, -0.2) is 9.59 Å². The van der Waals surface area contributed by atoms with E-state index in [0.29, 0.717) is 13.1 Å². The summed E-state index contributed by atoms with van der Waals surface area (Å²) in [6.07, 6.45) is -0.748. The standard InChI is InChI=1S/C5H10N2O3.C4H10N2O3/c8-3-6-1-2-7(4-9)5(6)10;1-8-4(9-2)6-3(5)7/h8-9H,1-4H2;4H,1-2H3,(H3,5,6,7). The summed E-state index contributed by atoms with van der Waals surface area (Å²) in [7, 11) is 2.79. The highest BCUT2D eigenvalue weighted by atomic mass is 16.7. The van der Waals surface area contributed by atoms with Crippen LogP contribution in [-0.4, -0.2) is 79.3 Å². The third kappa shape index (κ3) is 6.20. The fourth-order valence-electron chi connectivity index (χ4n) is 1.23. The summed E-state index contributed by atoms with van der Waals surface area (Å²) in [5.74, 6) is 0. The summed E-state index contributed by atoms with van der Waals surface area (Å²) in [6.45, 7) is 0.455. The lowest BCUT2D eigenvalue weighted by Gasteiger charge is -2.13. The molecule has 0 aromatic heterocycles. The van der Waals surface area contributed by atoms with Gasteiger partial charge < -0.3 is 25.4 Å². The van der Waals surface area contributed by atoms with Gasteiger partial charge in [0.25, 0.3) is 0 Å². The fraction of sp³-hybridized carbons (Fsp3) is 0.778. The van der Waals surface area contributed by atoms with Crippen LogP contribution >= 0.6 is 0 Å². The van der Waals surface area contributed by atoms with Gasteiger partial charge >= 0.3 is 12.1 Å². The van der Waals surface area contributed by atoms with Gasteiger partial charge in [-0.15, -0.1) is 0 Å². The molecule has 10 heteroatoms. The molecule has 1 fully saturated rings.